The van der Waals surface area contributed by atoms with Crippen LogP contribution in [-0.2, 0) is 5.41 Å². The van der Waals surface area contributed by atoms with Gasteiger partial charge >= 0.3 is 0 Å². The van der Waals surface area contributed by atoms with E-state index in [0.29, 0.717) is 11.8 Å². The van der Waals surface area contributed by atoms with Crippen LogP contribution in [0.4, 0.5) is 34.1 Å². The number of anilines is 6. The number of fused-ring (bicyclic) bond motifs is 5. The average Bonchev–Trinajstić information content (AvgIpc) is 3.71. The van der Waals surface area contributed by atoms with Crippen molar-refractivity contribution in [2.45, 2.75) is 65.7 Å². The summed E-state index contributed by atoms with van der Waals surface area (Å²) in [6, 6.07) is 78.1. The van der Waals surface area contributed by atoms with Crippen LogP contribution in [0.15, 0.2) is 217 Å². The summed E-state index contributed by atoms with van der Waals surface area (Å²) in [5.41, 5.74) is 17.2. The first-order valence-corrected chi connectivity index (χ1v) is 24.5. The van der Waals surface area contributed by atoms with Crippen molar-refractivity contribution in [1.82, 2.24) is 0 Å². The largest absolute Gasteiger partial charge is 0.456 e. The summed E-state index contributed by atoms with van der Waals surface area (Å²) in [5, 5.41) is 6.81. The van der Waals surface area contributed by atoms with Crippen molar-refractivity contribution < 1.29 is 4.42 Å². The van der Waals surface area contributed by atoms with Crippen LogP contribution < -0.4 is 9.80 Å². The highest BCUT2D eigenvalue weighted by Crippen LogP contribution is 2.45. The van der Waals surface area contributed by atoms with Crippen molar-refractivity contribution in [2.24, 2.45) is 0 Å². The van der Waals surface area contributed by atoms with E-state index in [1.54, 1.807) is 0 Å². The van der Waals surface area contributed by atoms with Crippen molar-refractivity contribution in [3.05, 3.63) is 229 Å². The van der Waals surface area contributed by atoms with Crippen LogP contribution in [0.2, 0.25) is 0 Å². The Morgan fingerprint density at radius 1 is 0.362 bits per heavy atom. The first kappa shape index (κ1) is 43.7. The van der Waals surface area contributed by atoms with E-state index in [-0.39, 0.29) is 5.41 Å². The van der Waals surface area contributed by atoms with Gasteiger partial charge in [-0.05, 0) is 152 Å². The molecule has 0 spiro atoms. The zero-order valence-corrected chi connectivity index (χ0v) is 40.7. The summed E-state index contributed by atoms with van der Waals surface area (Å²) < 4.78 is 6.84. The van der Waals surface area contributed by atoms with Crippen molar-refractivity contribution in [1.29, 1.82) is 0 Å². The van der Waals surface area contributed by atoms with Crippen molar-refractivity contribution in [3.8, 4) is 22.3 Å². The number of para-hydroxylation sites is 2. The molecule has 1 aromatic heterocycles. The number of furan rings is 1. The monoisotopic (exact) mass is 894 g/mol. The lowest BCUT2D eigenvalue weighted by atomic mass is 9.86. The first-order chi connectivity index (χ1) is 33.5. The third-order valence-electron chi connectivity index (χ3n) is 13.9. The molecule has 0 saturated carbocycles. The Labute approximate surface area is 406 Å². The minimum Gasteiger partial charge on any atom is -0.456 e. The minimum atomic E-state index is 0.0779. The van der Waals surface area contributed by atoms with Gasteiger partial charge in [-0.2, -0.15) is 0 Å². The second-order valence-electron chi connectivity index (χ2n) is 20.3. The molecule has 0 fully saturated rings. The Kier molecular flexibility index (Phi) is 11.2. The fourth-order valence-corrected chi connectivity index (χ4v) is 9.98. The molecule has 10 aromatic carbocycles. The summed E-state index contributed by atoms with van der Waals surface area (Å²) in [4.78, 5) is 4.80. The molecule has 3 nitrogen and oxygen atoms in total. The summed E-state index contributed by atoms with van der Waals surface area (Å²) in [6.07, 6.45) is 0. The molecule has 338 valence electrons. The quantitative estimate of drug-likeness (QED) is 0.136. The summed E-state index contributed by atoms with van der Waals surface area (Å²) in [6.45, 7) is 15.8. The van der Waals surface area contributed by atoms with Crippen LogP contribution in [-0.4, -0.2) is 0 Å². The molecule has 0 aliphatic carbocycles. The highest BCUT2D eigenvalue weighted by molar-refractivity contribution is 6.14. The molecule has 0 aliphatic heterocycles. The molecule has 0 atom stereocenters. The fourth-order valence-electron chi connectivity index (χ4n) is 9.98. The van der Waals surface area contributed by atoms with Crippen molar-refractivity contribution in [3.63, 3.8) is 0 Å². The molecule has 0 saturated heterocycles. The normalized spacial score (nSPS) is 12.0. The van der Waals surface area contributed by atoms with Gasteiger partial charge in [-0.1, -0.05) is 176 Å². The Morgan fingerprint density at radius 2 is 0.768 bits per heavy atom. The van der Waals surface area contributed by atoms with Crippen molar-refractivity contribution in [2.75, 3.05) is 9.80 Å². The second-order valence-corrected chi connectivity index (χ2v) is 20.3. The van der Waals surface area contributed by atoms with E-state index in [1.165, 1.54) is 49.7 Å². The first-order valence-electron chi connectivity index (χ1n) is 24.5. The number of benzene rings is 10. The lowest BCUT2D eigenvalue weighted by Crippen LogP contribution is -2.12. The van der Waals surface area contributed by atoms with Crippen LogP contribution in [0, 0.1) is 0 Å². The van der Waals surface area contributed by atoms with Gasteiger partial charge in [-0.25, -0.2) is 0 Å². The van der Waals surface area contributed by atoms with Gasteiger partial charge in [0.25, 0.3) is 0 Å². The van der Waals surface area contributed by atoms with Crippen LogP contribution in [0.1, 0.15) is 77.0 Å². The zero-order valence-electron chi connectivity index (χ0n) is 40.7. The summed E-state index contributed by atoms with van der Waals surface area (Å²) in [7, 11) is 0. The third-order valence-corrected chi connectivity index (χ3v) is 13.9. The van der Waals surface area contributed by atoms with E-state index < -0.39 is 0 Å². The van der Waals surface area contributed by atoms with Crippen LogP contribution in [0.5, 0.6) is 0 Å². The zero-order chi connectivity index (χ0) is 47.4. The minimum absolute atomic E-state index is 0.0779. The predicted molar refractivity (Wildman–Crippen MR) is 296 cm³/mol. The topological polar surface area (TPSA) is 19.6 Å². The molecule has 0 amide bonds. The second kappa shape index (κ2) is 17.6. The van der Waals surface area contributed by atoms with E-state index in [4.69, 9.17) is 4.42 Å². The predicted octanol–water partition coefficient (Wildman–Crippen LogP) is 19.7. The molecule has 69 heavy (non-hydrogen) atoms. The third kappa shape index (κ3) is 8.33. The standard InChI is InChI=1S/C66H58N2O/c1-43(2)45-23-31-54(32-24-45)67(62-19-13-11-17-58(62)47-15-9-8-10-16-47)56-35-27-49-39-60-61-40-50-28-36-57(38-52(50)42-65(61)69-64(60)41-51(49)37-56)68(55-33-25-46(26-34-55)44(3)4)63-20-14-12-18-59(63)48-21-29-53(30-22-48)66(5,6)7/h8-44H,1-7H3. The molecular formula is C66H58N2O. The van der Waals surface area contributed by atoms with Gasteiger partial charge in [-0.3, -0.25) is 0 Å². The van der Waals surface area contributed by atoms with Crippen LogP contribution in [0.25, 0.3) is 65.7 Å². The van der Waals surface area contributed by atoms with E-state index in [2.05, 4.69) is 271 Å². The Bertz CT molecular complexity index is 3630. The Hall–Kier alpha value is -7.88. The highest BCUT2D eigenvalue weighted by Gasteiger charge is 2.22. The molecule has 11 aromatic rings. The molecule has 0 radical (unpaired) electrons. The number of hydrogen-bond acceptors (Lipinski definition) is 3. The van der Waals surface area contributed by atoms with Crippen LogP contribution in [0.3, 0.4) is 0 Å². The highest BCUT2D eigenvalue weighted by atomic mass is 16.3. The molecule has 0 aliphatic rings. The summed E-state index contributed by atoms with van der Waals surface area (Å²) in [5.74, 6) is 0.889. The Morgan fingerprint density at radius 3 is 1.20 bits per heavy atom. The van der Waals surface area contributed by atoms with Gasteiger partial charge in [0.1, 0.15) is 11.2 Å². The van der Waals surface area contributed by atoms with Gasteiger partial charge in [0.2, 0.25) is 0 Å². The van der Waals surface area contributed by atoms with Gasteiger partial charge < -0.3 is 14.2 Å². The van der Waals surface area contributed by atoms with E-state index >= 15 is 0 Å². The van der Waals surface area contributed by atoms with Gasteiger partial charge in [-0.15, -0.1) is 0 Å². The average molecular weight is 895 g/mol. The fraction of sp³-hybridized carbons (Fsp3) is 0.152. The maximum atomic E-state index is 6.84. The van der Waals surface area contributed by atoms with Gasteiger partial charge in [0, 0.05) is 44.6 Å². The smallest absolute Gasteiger partial charge is 0.136 e. The molecular weight excluding hydrogens is 837 g/mol. The van der Waals surface area contributed by atoms with Gasteiger partial charge in [0.05, 0.1) is 11.4 Å². The molecule has 0 N–H and O–H groups in total. The maximum Gasteiger partial charge on any atom is 0.136 e. The van der Waals surface area contributed by atoms with E-state index in [9.17, 15) is 0 Å². The Balaban J connectivity index is 1.01. The van der Waals surface area contributed by atoms with Crippen molar-refractivity contribution >= 4 is 77.6 Å². The number of hydrogen-bond donors (Lipinski definition) is 0. The summed E-state index contributed by atoms with van der Waals surface area (Å²) >= 11 is 0. The van der Waals surface area contributed by atoms with E-state index in [1.807, 2.05) is 0 Å². The van der Waals surface area contributed by atoms with Crippen LogP contribution >= 0.6 is 0 Å². The van der Waals surface area contributed by atoms with Gasteiger partial charge in [0.15, 0.2) is 0 Å². The molecule has 3 heteroatoms. The molecule has 11 rings (SSSR count). The molecule has 1 heterocycles. The van der Waals surface area contributed by atoms with E-state index in [0.717, 1.165) is 66.8 Å². The molecule has 0 unspecified atom stereocenters. The number of rotatable bonds is 10. The lowest BCUT2D eigenvalue weighted by molar-refractivity contribution is 0.590. The SMILES string of the molecule is CC(C)c1ccc(N(c2ccc3cc4c(cc3c2)oc2cc3cc(N(c5ccc(C(C)C)cc5)c5ccccc5-c5ccc(C(C)(C)C)cc5)ccc3cc24)c2ccccc2-c2ccccc2)cc1. The lowest BCUT2D eigenvalue weighted by Gasteiger charge is -2.28. The molecule has 0 bridgehead atoms. The number of nitrogens with zero attached hydrogens (tertiary/aromatic N) is 2. The maximum absolute atomic E-state index is 6.84.